The highest BCUT2D eigenvalue weighted by molar-refractivity contribution is 7.10. The minimum Gasteiger partial charge on any atom is -0.441 e. The van der Waals surface area contributed by atoms with Crippen LogP contribution in [0, 0.1) is 0 Å². The van der Waals surface area contributed by atoms with Crippen molar-refractivity contribution in [3.63, 3.8) is 0 Å². The van der Waals surface area contributed by atoms with E-state index in [1.54, 1.807) is 11.3 Å². The smallest absolute Gasteiger partial charge is 0.197 e. The van der Waals surface area contributed by atoms with Gasteiger partial charge in [-0.2, -0.15) is 0 Å². The lowest BCUT2D eigenvalue weighted by Crippen LogP contribution is -1.93. The molecule has 0 N–H and O–H groups in total. The number of oxazole rings is 1. The van der Waals surface area contributed by atoms with Gasteiger partial charge in [0.15, 0.2) is 11.5 Å². The summed E-state index contributed by atoms with van der Waals surface area (Å²) in [6.07, 6.45) is 0.622. The summed E-state index contributed by atoms with van der Waals surface area (Å²) >= 11 is 7.98. The summed E-state index contributed by atoms with van der Waals surface area (Å²) in [5, 5.41) is 1.96. The predicted molar refractivity (Wildman–Crippen MR) is 70.6 cm³/mol. The molecule has 4 heteroatoms. The van der Waals surface area contributed by atoms with Crippen molar-refractivity contribution in [2.24, 2.45) is 0 Å². The fourth-order valence-electron chi connectivity index (χ4n) is 1.73. The van der Waals surface area contributed by atoms with Crippen LogP contribution < -0.4 is 0 Å². The van der Waals surface area contributed by atoms with E-state index in [2.05, 4.69) is 4.98 Å². The SMILES string of the molecule is ClC(Cc1nc2ccccc2o1)c1cccs1. The molecule has 0 aliphatic rings. The van der Waals surface area contributed by atoms with Crippen LogP contribution in [0.25, 0.3) is 11.1 Å². The Kier molecular flexibility index (Phi) is 2.87. The van der Waals surface area contributed by atoms with Crippen LogP contribution in [0.1, 0.15) is 16.1 Å². The highest BCUT2D eigenvalue weighted by Crippen LogP contribution is 2.29. The van der Waals surface area contributed by atoms with Gasteiger partial charge in [-0.1, -0.05) is 18.2 Å². The van der Waals surface area contributed by atoms with Crippen molar-refractivity contribution in [3.05, 3.63) is 52.5 Å². The highest BCUT2D eigenvalue weighted by Gasteiger charge is 2.14. The van der Waals surface area contributed by atoms with Crippen molar-refractivity contribution in [3.8, 4) is 0 Å². The molecular weight excluding hydrogens is 254 g/mol. The monoisotopic (exact) mass is 263 g/mol. The Bertz CT molecular complexity index is 584. The number of halogens is 1. The molecule has 0 saturated carbocycles. The largest absolute Gasteiger partial charge is 0.441 e. The molecule has 0 bridgehead atoms. The van der Waals surface area contributed by atoms with Crippen molar-refractivity contribution in [2.45, 2.75) is 11.8 Å². The number of para-hydroxylation sites is 2. The quantitative estimate of drug-likeness (QED) is 0.654. The van der Waals surface area contributed by atoms with Gasteiger partial charge >= 0.3 is 0 Å². The van der Waals surface area contributed by atoms with Crippen molar-refractivity contribution in [2.75, 3.05) is 0 Å². The highest BCUT2D eigenvalue weighted by atomic mass is 35.5. The van der Waals surface area contributed by atoms with Gasteiger partial charge < -0.3 is 4.42 Å². The first-order valence-corrected chi connectivity index (χ1v) is 6.66. The Morgan fingerprint density at radius 1 is 1.24 bits per heavy atom. The Hall–Kier alpha value is -1.32. The predicted octanol–water partition coefficient (Wildman–Crippen LogP) is 4.41. The van der Waals surface area contributed by atoms with Crippen LogP contribution in [0.3, 0.4) is 0 Å². The normalized spacial score (nSPS) is 13.0. The number of hydrogen-bond acceptors (Lipinski definition) is 3. The van der Waals surface area contributed by atoms with E-state index in [0.29, 0.717) is 12.3 Å². The Labute approximate surface area is 108 Å². The fraction of sp³-hybridized carbons (Fsp3) is 0.154. The first-order valence-electron chi connectivity index (χ1n) is 5.35. The first kappa shape index (κ1) is 10.8. The van der Waals surface area contributed by atoms with E-state index in [1.807, 2.05) is 41.8 Å². The van der Waals surface area contributed by atoms with E-state index >= 15 is 0 Å². The van der Waals surface area contributed by atoms with E-state index in [-0.39, 0.29) is 5.38 Å². The van der Waals surface area contributed by atoms with Gasteiger partial charge in [-0.3, -0.25) is 0 Å². The molecule has 2 aromatic heterocycles. The summed E-state index contributed by atoms with van der Waals surface area (Å²) < 4.78 is 5.65. The zero-order valence-electron chi connectivity index (χ0n) is 8.97. The zero-order chi connectivity index (χ0) is 11.7. The summed E-state index contributed by atoms with van der Waals surface area (Å²) in [5.74, 6) is 0.694. The summed E-state index contributed by atoms with van der Waals surface area (Å²) in [6, 6.07) is 11.8. The van der Waals surface area contributed by atoms with E-state index in [4.69, 9.17) is 16.0 Å². The molecule has 1 aromatic carbocycles. The molecule has 3 rings (SSSR count). The Morgan fingerprint density at radius 3 is 2.88 bits per heavy atom. The molecule has 1 atom stereocenters. The lowest BCUT2D eigenvalue weighted by Gasteiger charge is -2.02. The molecule has 0 fully saturated rings. The molecule has 3 aromatic rings. The number of thiophene rings is 1. The maximum absolute atomic E-state index is 6.32. The van der Waals surface area contributed by atoms with Gasteiger partial charge in [0.05, 0.1) is 5.38 Å². The first-order chi connectivity index (χ1) is 8.33. The van der Waals surface area contributed by atoms with Crippen LogP contribution in [0.15, 0.2) is 46.2 Å². The molecule has 0 amide bonds. The van der Waals surface area contributed by atoms with Crippen LogP contribution in [0.4, 0.5) is 0 Å². The Morgan fingerprint density at radius 2 is 2.12 bits per heavy atom. The third kappa shape index (κ3) is 2.21. The summed E-state index contributed by atoms with van der Waals surface area (Å²) in [5.41, 5.74) is 1.70. The van der Waals surface area contributed by atoms with Gasteiger partial charge in [0.1, 0.15) is 5.52 Å². The van der Waals surface area contributed by atoms with Crippen molar-refractivity contribution >= 4 is 34.0 Å². The number of nitrogens with zero attached hydrogens (tertiary/aromatic N) is 1. The van der Waals surface area contributed by atoms with E-state index in [0.717, 1.165) is 16.0 Å². The van der Waals surface area contributed by atoms with Crippen LogP contribution >= 0.6 is 22.9 Å². The number of aromatic nitrogens is 1. The number of hydrogen-bond donors (Lipinski definition) is 0. The van der Waals surface area contributed by atoms with Crippen LogP contribution in [-0.2, 0) is 6.42 Å². The second-order valence-corrected chi connectivity index (χ2v) is 5.27. The van der Waals surface area contributed by atoms with E-state index < -0.39 is 0 Å². The third-order valence-electron chi connectivity index (χ3n) is 2.54. The van der Waals surface area contributed by atoms with Gasteiger partial charge in [-0.15, -0.1) is 22.9 Å². The van der Waals surface area contributed by atoms with Gasteiger partial charge in [-0.05, 0) is 23.6 Å². The molecule has 2 nitrogen and oxygen atoms in total. The molecule has 0 radical (unpaired) electrons. The summed E-state index contributed by atoms with van der Waals surface area (Å²) in [6.45, 7) is 0. The van der Waals surface area contributed by atoms with Gasteiger partial charge in [0.25, 0.3) is 0 Å². The maximum atomic E-state index is 6.32. The number of benzene rings is 1. The molecule has 86 valence electrons. The van der Waals surface area contributed by atoms with E-state index in [9.17, 15) is 0 Å². The van der Waals surface area contributed by atoms with Gasteiger partial charge in [0, 0.05) is 11.3 Å². The van der Waals surface area contributed by atoms with Crippen molar-refractivity contribution in [1.29, 1.82) is 0 Å². The lowest BCUT2D eigenvalue weighted by molar-refractivity contribution is 0.526. The second-order valence-electron chi connectivity index (χ2n) is 3.76. The molecule has 0 aliphatic heterocycles. The van der Waals surface area contributed by atoms with Crippen molar-refractivity contribution < 1.29 is 4.42 Å². The average Bonchev–Trinajstić information content (AvgIpc) is 2.97. The average molecular weight is 264 g/mol. The number of rotatable bonds is 3. The van der Waals surface area contributed by atoms with Gasteiger partial charge in [0.2, 0.25) is 0 Å². The van der Waals surface area contributed by atoms with Crippen LogP contribution in [-0.4, -0.2) is 4.98 Å². The van der Waals surface area contributed by atoms with Crippen LogP contribution in [0.5, 0.6) is 0 Å². The molecule has 17 heavy (non-hydrogen) atoms. The molecular formula is C13H10ClNOS. The molecule has 0 saturated heterocycles. The minimum atomic E-state index is -0.0666. The number of fused-ring (bicyclic) bond motifs is 1. The lowest BCUT2D eigenvalue weighted by atomic mass is 10.2. The van der Waals surface area contributed by atoms with Crippen molar-refractivity contribution in [1.82, 2.24) is 4.98 Å². The third-order valence-corrected chi connectivity index (χ3v) is 4.05. The topological polar surface area (TPSA) is 26.0 Å². The number of alkyl halides is 1. The second kappa shape index (κ2) is 4.51. The summed E-state index contributed by atoms with van der Waals surface area (Å²) in [4.78, 5) is 5.56. The molecule has 2 heterocycles. The van der Waals surface area contributed by atoms with E-state index in [1.165, 1.54) is 0 Å². The summed E-state index contributed by atoms with van der Waals surface area (Å²) in [7, 11) is 0. The Balaban J connectivity index is 1.85. The molecule has 0 aliphatic carbocycles. The maximum Gasteiger partial charge on any atom is 0.197 e. The fourth-order valence-corrected chi connectivity index (χ4v) is 2.79. The molecule has 1 unspecified atom stereocenters. The standard InChI is InChI=1S/C13H10ClNOS/c14-9(12-6-3-7-17-12)8-13-15-10-4-1-2-5-11(10)16-13/h1-7,9H,8H2. The van der Waals surface area contributed by atoms with Crippen LogP contribution in [0.2, 0.25) is 0 Å². The zero-order valence-corrected chi connectivity index (χ0v) is 10.5. The minimum absolute atomic E-state index is 0.0666. The van der Waals surface area contributed by atoms with Gasteiger partial charge in [-0.25, -0.2) is 4.98 Å². The molecule has 0 spiro atoms.